The van der Waals surface area contributed by atoms with Gasteiger partial charge in [0.2, 0.25) is 0 Å². The molecule has 0 spiro atoms. The van der Waals surface area contributed by atoms with Crippen molar-refractivity contribution in [3.05, 3.63) is 23.8 Å². The van der Waals surface area contributed by atoms with Gasteiger partial charge in [-0.1, -0.05) is 23.8 Å². The molecule has 0 saturated heterocycles. The van der Waals surface area contributed by atoms with Crippen molar-refractivity contribution in [2.24, 2.45) is 0 Å². The smallest absolute Gasteiger partial charge is 0 e. The van der Waals surface area contributed by atoms with Crippen LogP contribution in [-0.4, -0.2) is 0 Å². The number of rotatable bonds is 0. The molecule has 1 aliphatic rings. The predicted octanol–water partition coefficient (Wildman–Crippen LogP) is -4.10. The number of hydrogen-bond acceptors (Lipinski definition) is 0. The predicted molar refractivity (Wildman–Crippen MR) is 27.5 cm³/mol. The van der Waals surface area contributed by atoms with Crippen molar-refractivity contribution in [1.29, 1.82) is 0 Å². The Hall–Kier alpha value is 0.930. The van der Waals surface area contributed by atoms with Gasteiger partial charge < -0.3 is 24.8 Å². The first kappa shape index (κ1) is 16.5. The molecular weight excluding hydrogens is 321 g/mol. The summed E-state index contributed by atoms with van der Waals surface area (Å²) < 4.78 is 0. The molecule has 0 atom stereocenters. The van der Waals surface area contributed by atoms with Gasteiger partial charge in [-0.3, -0.25) is 0 Å². The molecule has 52 valence electrons. The standard InChI is InChI=1S/C6H8.2ClH.Hf/c1-6-4-2-3-5-6;;;/h2,4-5H,3H2,1H3;2*1H;/p-2. The van der Waals surface area contributed by atoms with Crippen molar-refractivity contribution < 1.29 is 50.7 Å². The van der Waals surface area contributed by atoms with Crippen LogP contribution in [0.5, 0.6) is 0 Å². The molecule has 0 aromatic carbocycles. The summed E-state index contributed by atoms with van der Waals surface area (Å²) >= 11 is 0. The number of hydrogen-bond donors (Lipinski definition) is 0. The Bertz CT molecular complexity index is 105. The van der Waals surface area contributed by atoms with Crippen LogP contribution in [0.4, 0.5) is 0 Å². The van der Waals surface area contributed by atoms with Gasteiger partial charge >= 0.3 is 0 Å². The summed E-state index contributed by atoms with van der Waals surface area (Å²) in [5.41, 5.74) is 1.40. The minimum Gasteiger partial charge on any atom is -1.00 e. The van der Waals surface area contributed by atoms with Gasteiger partial charge in [0.1, 0.15) is 0 Å². The minimum absolute atomic E-state index is 0. The molecule has 0 unspecified atom stereocenters. The zero-order valence-electron chi connectivity index (χ0n) is 5.20. The van der Waals surface area contributed by atoms with Crippen LogP contribution in [0.2, 0.25) is 0 Å². The summed E-state index contributed by atoms with van der Waals surface area (Å²) in [7, 11) is 0. The summed E-state index contributed by atoms with van der Waals surface area (Å²) in [5, 5.41) is 0. The Balaban J connectivity index is -0.000000120. The second-order valence-electron chi connectivity index (χ2n) is 1.59. The van der Waals surface area contributed by atoms with E-state index in [1.807, 2.05) is 0 Å². The molecular formula is C6H8Cl2Hf-2. The fourth-order valence-corrected chi connectivity index (χ4v) is 0.576. The Kier molecular flexibility index (Phi) is 16.4. The minimum atomic E-state index is 0. The summed E-state index contributed by atoms with van der Waals surface area (Å²) in [6.07, 6.45) is 7.65. The van der Waals surface area contributed by atoms with E-state index in [4.69, 9.17) is 0 Å². The van der Waals surface area contributed by atoms with Gasteiger partial charge in [0.15, 0.2) is 0 Å². The van der Waals surface area contributed by atoms with E-state index < -0.39 is 0 Å². The molecule has 9 heavy (non-hydrogen) atoms. The first-order valence-corrected chi connectivity index (χ1v) is 2.23. The zero-order chi connectivity index (χ0) is 4.41. The third-order valence-electron chi connectivity index (χ3n) is 0.957. The van der Waals surface area contributed by atoms with Crippen molar-refractivity contribution in [2.45, 2.75) is 13.3 Å². The summed E-state index contributed by atoms with van der Waals surface area (Å²) in [4.78, 5) is 0. The Labute approximate surface area is 87.4 Å². The molecule has 0 aromatic rings. The maximum Gasteiger partial charge on any atom is 0 e. The van der Waals surface area contributed by atoms with Crippen LogP contribution in [0.25, 0.3) is 0 Å². The maximum absolute atomic E-state index is 2.21. The first-order chi connectivity index (χ1) is 2.89. The molecule has 0 aliphatic heterocycles. The van der Waals surface area contributed by atoms with Gasteiger partial charge in [-0.15, -0.1) is 0 Å². The van der Waals surface area contributed by atoms with Crippen molar-refractivity contribution in [2.75, 3.05) is 0 Å². The molecule has 0 saturated carbocycles. The first-order valence-electron chi connectivity index (χ1n) is 2.23. The average molecular weight is 330 g/mol. The van der Waals surface area contributed by atoms with Crippen LogP contribution in [0.3, 0.4) is 0 Å². The normalized spacial score (nSPS) is 12.3. The van der Waals surface area contributed by atoms with Crippen molar-refractivity contribution >= 4 is 0 Å². The van der Waals surface area contributed by atoms with Gasteiger partial charge in [0, 0.05) is 25.8 Å². The molecule has 0 heterocycles. The molecule has 0 N–H and O–H groups in total. The molecule has 0 bridgehead atoms. The van der Waals surface area contributed by atoms with Gasteiger partial charge in [0.05, 0.1) is 0 Å². The monoisotopic (exact) mass is 330 g/mol. The van der Waals surface area contributed by atoms with Gasteiger partial charge in [0.25, 0.3) is 0 Å². The van der Waals surface area contributed by atoms with E-state index in [0.717, 1.165) is 6.42 Å². The van der Waals surface area contributed by atoms with Gasteiger partial charge in [-0.05, 0) is 13.3 Å². The van der Waals surface area contributed by atoms with E-state index in [0.29, 0.717) is 0 Å². The second-order valence-corrected chi connectivity index (χ2v) is 1.59. The molecule has 0 amide bonds. The van der Waals surface area contributed by atoms with E-state index in [1.54, 1.807) is 0 Å². The van der Waals surface area contributed by atoms with E-state index in [2.05, 4.69) is 25.2 Å². The Morgan fingerprint density at radius 1 is 1.33 bits per heavy atom. The third kappa shape index (κ3) is 6.82. The van der Waals surface area contributed by atoms with Crippen LogP contribution < -0.4 is 24.8 Å². The van der Waals surface area contributed by atoms with E-state index in [1.165, 1.54) is 5.57 Å². The average Bonchev–Trinajstić information content (AvgIpc) is 1.86. The number of allylic oxidation sites excluding steroid dienone is 4. The van der Waals surface area contributed by atoms with Crippen LogP contribution in [0.15, 0.2) is 23.8 Å². The summed E-state index contributed by atoms with van der Waals surface area (Å²) in [5.74, 6) is 0. The molecule has 0 fully saturated rings. The van der Waals surface area contributed by atoms with Crippen LogP contribution in [-0.2, 0) is 25.8 Å². The molecule has 3 heteroatoms. The molecule has 0 aromatic heterocycles. The quantitative estimate of drug-likeness (QED) is 0.397. The second kappa shape index (κ2) is 8.93. The topological polar surface area (TPSA) is 0 Å². The molecule has 1 rings (SSSR count). The summed E-state index contributed by atoms with van der Waals surface area (Å²) in [6, 6.07) is 0. The SMILES string of the molecule is CC1=CCC=C1.[Cl-].[Cl-].[Hf]. The zero-order valence-corrected chi connectivity index (χ0v) is 10.3. The van der Waals surface area contributed by atoms with E-state index in [9.17, 15) is 0 Å². The van der Waals surface area contributed by atoms with Crippen LogP contribution in [0.1, 0.15) is 13.3 Å². The third-order valence-corrected chi connectivity index (χ3v) is 0.957. The molecule has 0 nitrogen and oxygen atoms in total. The fraction of sp³-hybridized carbons (Fsp3) is 0.333. The number of halogens is 2. The largest absolute Gasteiger partial charge is 1.00 e. The van der Waals surface area contributed by atoms with Crippen molar-refractivity contribution in [3.8, 4) is 0 Å². The van der Waals surface area contributed by atoms with Crippen LogP contribution >= 0.6 is 0 Å². The molecule has 0 radical (unpaired) electrons. The van der Waals surface area contributed by atoms with Crippen LogP contribution in [0, 0.1) is 0 Å². The Morgan fingerprint density at radius 3 is 2.00 bits per heavy atom. The van der Waals surface area contributed by atoms with Gasteiger partial charge in [-0.25, -0.2) is 0 Å². The van der Waals surface area contributed by atoms with Crippen molar-refractivity contribution in [1.82, 2.24) is 0 Å². The van der Waals surface area contributed by atoms with E-state index in [-0.39, 0.29) is 50.7 Å². The Morgan fingerprint density at radius 2 is 1.89 bits per heavy atom. The van der Waals surface area contributed by atoms with E-state index >= 15 is 0 Å². The van der Waals surface area contributed by atoms with Gasteiger partial charge in [-0.2, -0.15) is 0 Å². The molecule has 1 aliphatic carbocycles. The van der Waals surface area contributed by atoms with Crippen molar-refractivity contribution in [3.63, 3.8) is 0 Å². The fourth-order valence-electron chi connectivity index (χ4n) is 0.576. The summed E-state index contributed by atoms with van der Waals surface area (Å²) in [6.45, 7) is 2.11. The maximum atomic E-state index is 2.21.